The number of aldehydes is 1. The monoisotopic (exact) mass is 439 g/mol. The minimum Gasteiger partial charge on any atom is -0.325 e. The topological polar surface area (TPSA) is 73.3 Å². The smallest absolute Gasteiger partial charge is 0.321 e. The summed E-state index contributed by atoms with van der Waals surface area (Å²) in [6.07, 6.45) is 9.90. The molecule has 0 aromatic heterocycles. The van der Waals surface area contributed by atoms with Gasteiger partial charge in [0.25, 0.3) is 0 Å². The standard InChI is InChI=1S/C26H42BN3O2/c1-4-6-13-26(19-31,14-7-5-2)23(24(27)28)18-21-11-15-30(16-12-21)25(32)29-22-10-8-9-20(3)17-22/h8-10,17,19,21,23,28H,4-7,11-16,18,27H2,1-3H3,(H,29,32). The molecule has 32 heavy (non-hydrogen) atoms. The molecule has 1 saturated heterocycles. The number of carbonyl (C=O) groups is 2. The van der Waals surface area contributed by atoms with Crippen molar-refractivity contribution in [3.8, 4) is 0 Å². The van der Waals surface area contributed by atoms with E-state index in [4.69, 9.17) is 5.41 Å². The highest BCUT2D eigenvalue weighted by Gasteiger charge is 2.40. The summed E-state index contributed by atoms with van der Waals surface area (Å²) >= 11 is 0. The highest BCUT2D eigenvalue weighted by atomic mass is 16.2. The van der Waals surface area contributed by atoms with Gasteiger partial charge >= 0.3 is 6.03 Å². The van der Waals surface area contributed by atoms with Crippen LogP contribution in [0.1, 0.15) is 77.2 Å². The van der Waals surface area contributed by atoms with Gasteiger partial charge in [-0.1, -0.05) is 51.7 Å². The van der Waals surface area contributed by atoms with Gasteiger partial charge in [0.05, 0.1) is 0 Å². The predicted octanol–water partition coefficient (Wildman–Crippen LogP) is 5.42. The quantitative estimate of drug-likeness (QED) is 0.259. The number of piperidine rings is 1. The van der Waals surface area contributed by atoms with Gasteiger partial charge in [-0.15, -0.1) is 0 Å². The minimum absolute atomic E-state index is 0.00997. The molecule has 1 aromatic carbocycles. The second-order valence-electron chi connectivity index (χ2n) is 9.76. The fourth-order valence-electron chi connectivity index (χ4n) is 5.16. The number of carbonyl (C=O) groups excluding carboxylic acids is 2. The van der Waals surface area contributed by atoms with Crippen molar-refractivity contribution in [2.24, 2.45) is 17.3 Å². The van der Waals surface area contributed by atoms with Crippen molar-refractivity contribution in [3.63, 3.8) is 0 Å². The van der Waals surface area contributed by atoms with E-state index in [0.29, 0.717) is 11.5 Å². The first-order valence-electron chi connectivity index (χ1n) is 12.5. The third-order valence-corrected chi connectivity index (χ3v) is 7.18. The molecular weight excluding hydrogens is 397 g/mol. The van der Waals surface area contributed by atoms with Crippen molar-refractivity contribution in [1.29, 1.82) is 5.41 Å². The fourth-order valence-corrected chi connectivity index (χ4v) is 5.16. The number of benzene rings is 1. The van der Waals surface area contributed by atoms with E-state index in [-0.39, 0.29) is 11.9 Å². The predicted molar refractivity (Wildman–Crippen MR) is 136 cm³/mol. The van der Waals surface area contributed by atoms with Gasteiger partial charge in [-0.05, 0) is 74.2 Å². The number of aryl methyl sites for hydroxylation is 1. The van der Waals surface area contributed by atoms with Crippen LogP contribution in [0.15, 0.2) is 24.3 Å². The van der Waals surface area contributed by atoms with E-state index in [9.17, 15) is 9.59 Å². The second kappa shape index (κ2) is 12.8. The molecule has 1 unspecified atom stereocenters. The lowest BCUT2D eigenvalue weighted by atomic mass is 9.61. The number of nitrogens with zero attached hydrogens (tertiary/aromatic N) is 1. The molecule has 2 rings (SSSR count). The van der Waals surface area contributed by atoms with Crippen molar-refractivity contribution < 1.29 is 9.59 Å². The molecule has 1 heterocycles. The molecule has 1 fully saturated rings. The lowest BCUT2D eigenvalue weighted by Crippen LogP contribution is -2.43. The molecule has 2 amide bonds. The minimum atomic E-state index is -0.405. The van der Waals surface area contributed by atoms with Gasteiger partial charge in [-0.3, -0.25) is 0 Å². The van der Waals surface area contributed by atoms with E-state index in [1.165, 1.54) is 6.29 Å². The third kappa shape index (κ3) is 7.21. The lowest BCUT2D eigenvalue weighted by Gasteiger charge is -2.40. The van der Waals surface area contributed by atoms with Gasteiger partial charge in [-0.25, -0.2) is 4.79 Å². The number of likely N-dealkylation sites (tertiary alicyclic amines) is 1. The molecule has 1 aliphatic rings. The Morgan fingerprint density at radius 3 is 2.38 bits per heavy atom. The molecule has 0 spiro atoms. The van der Waals surface area contributed by atoms with E-state index >= 15 is 0 Å². The number of rotatable bonds is 12. The normalized spacial score (nSPS) is 15.9. The average molecular weight is 439 g/mol. The number of hydrogen-bond acceptors (Lipinski definition) is 3. The summed E-state index contributed by atoms with van der Waals surface area (Å²) < 4.78 is 0. The molecule has 6 heteroatoms. The highest BCUT2D eigenvalue weighted by Crippen LogP contribution is 2.42. The second-order valence-corrected chi connectivity index (χ2v) is 9.76. The van der Waals surface area contributed by atoms with E-state index in [2.05, 4.69) is 19.2 Å². The molecule has 176 valence electrons. The Kier molecular flexibility index (Phi) is 10.5. The van der Waals surface area contributed by atoms with Crippen LogP contribution in [-0.2, 0) is 4.79 Å². The summed E-state index contributed by atoms with van der Waals surface area (Å²) in [7, 11) is 1.88. The zero-order valence-electron chi connectivity index (χ0n) is 20.6. The van der Waals surface area contributed by atoms with E-state index in [1.807, 2.05) is 43.9 Å². The Balaban J connectivity index is 2.00. The summed E-state index contributed by atoms with van der Waals surface area (Å²) in [5.74, 6) is 0.460. The zero-order valence-corrected chi connectivity index (χ0v) is 20.6. The van der Waals surface area contributed by atoms with Crippen molar-refractivity contribution in [3.05, 3.63) is 29.8 Å². The number of hydrogen-bond donors (Lipinski definition) is 2. The van der Waals surface area contributed by atoms with Crippen LogP contribution in [-0.4, -0.2) is 43.8 Å². The molecule has 0 bridgehead atoms. The zero-order chi connectivity index (χ0) is 23.6. The molecule has 1 aromatic rings. The number of unbranched alkanes of at least 4 members (excludes halogenated alkanes) is 2. The lowest BCUT2D eigenvalue weighted by molar-refractivity contribution is -0.119. The Hall–Kier alpha value is -2.11. The van der Waals surface area contributed by atoms with Gasteiger partial charge in [0.1, 0.15) is 6.29 Å². The molecule has 1 aliphatic heterocycles. The van der Waals surface area contributed by atoms with Crippen molar-refractivity contribution >= 4 is 31.5 Å². The van der Waals surface area contributed by atoms with Crippen LogP contribution in [0.2, 0.25) is 0 Å². The van der Waals surface area contributed by atoms with Crippen LogP contribution in [0.5, 0.6) is 0 Å². The van der Waals surface area contributed by atoms with Crippen LogP contribution < -0.4 is 5.32 Å². The Morgan fingerprint density at radius 2 is 1.88 bits per heavy atom. The molecular formula is C26H42BN3O2. The van der Waals surface area contributed by atoms with E-state index in [0.717, 1.165) is 82.1 Å². The van der Waals surface area contributed by atoms with Gasteiger partial charge < -0.3 is 20.4 Å². The number of nitrogens with one attached hydrogen (secondary N) is 2. The molecule has 0 radical (unpaired) electrons. The van der Waals surface area contributed by atoms with Crippen molar-refractivity contribution in [2.75, 3.05) is 18.4 Å². The Morgan fingerprint density at radius 1 is 1.25 bits per heavy atom. The van der Waals surface area contributed by atoms with Crippen molar-refractivity contribution in [2.45, 2.75) is 78.6 Å². The highest BCUT2D eigenvalue weighted by molar-refractivity contribution is 6.59. The maximum Gasteiger partial charge on any atom is 0.321 e. The summed E-state index contributed by atoms with van der Waals surface area (Å²) in [5.41, 5.74) is 2.19. The van der Waals surface area contributed by atoms with Gasteiger partial charge in [0.15, 0.2) is 7.85 Å². The Bertz CT molecular complexity index is 751. The maximum absolute atomic E-state index is 12.7. The maximum atomic E-state index is 12.7. The van der Waals surface area contributed by atoms with Gasteiger partial charge in [0.2, 0.25) is 0 Å². The van der Waals surface area contributed by atoms with Crippen LogP contribution in [0.25, 0.3) is 0 Å². The summed E-state index contributed by atoms with van der Waals surface area (Å²) in [6, 6.07) is 7.83. The SMILES string of the molecule is BC(=N)C(CC1CCN(C(=O)Nc2cccc(C)c2)CC1)C(C=O)(CCCC)CCCC. The molecule has 1 atom stereocenters. The third-order valence-electron chi connectivity index (χ3n) is 7.18. The van der Waals surface area contributed by atoms with E-state index in [1.54, 1.807) is 0 Å². The first kappa shape index (κ1) is 26.1. The fraction of sp³-hybridized carbons (Fsp3) is 0.654. The molecule has 0 aliphatic carbocycles. The van der Waals surface area contributed by atoms with Crippen LogP contribution in [0.4, 0.5) is 10.5 Å². The van der Waals surface area contributed by atoms with Crippen LogP contribution >= 0.6 is 0 Å². The molecule has 5 nitrogen and oxygen atoms in total. The van der Waals surface area contributed by atoms with E-state index < -0.39 is 5.41 Å². The van der Waals surface area contributed by atoms with Crippen LogP contribution in [0, 0.1) is 29.6 Å². The van der Waals surface area contributed by atoms with Gasteiger partial charge in [-0.2, -0.15) is 0 Å². The number of urea groups is 1. The first-order chi connectivity index (χ1) is 15.3. The Labute approximate surface area is 195 Å². The van der Waals surface area contributed by atoms with Crippen LogP contribution in [0.3, 0.4) is 0 Å². The average Bonchev–Trinajstić information content (AvgIpc) is 2.78. The first-order valence-corrected chi connectivity index (χ1v) is 12.5. The summed E-state index contributed by atoms with van der Waals surface area (Å²) in [4.78, 5) is 27.0. The van der Waals surface area contributed by atoms with Crippen molar-refractivity contribution in [1.82, 2.24) is 4.90 Å². The largest absolute Gasteiger partial charge is 0.325 e. The number of amides is 2. The number of anilines is 1. The molecule has 2 N–H and O–H groups in total. The molecule has 0 saturated carbocycles. The summed E-state index contributed by atoms with van der Waals surface area (Å²) in [6.45, 7) is 7.80. The van der Waals surface area contributed by atoms with Gasteiger partial charge in [0, 0.05) is 24.2 Å². The summed E-state index contributed by atoms with van der Waals surface area (Å²) in [5, 5.41) is 11.5.